The molecule has 3 heterocycles. The zero-order chi connectivity index (χ0) is 15.4. The summed E-state index contributed by atoms with van der Waals surface area (Å²) in [7, 11) is 0. The first-order valence-corrected chi connectivity index (χ1v) is 8.52. The summed E-state index contributed by atoms with van der Waals surface area (Å²) in [6, 6.07) is 3.97. The Morgan fingerprint density at radius 3 is 3.18 bits per heavy atom. The van der Waals surface area contributed by atoms with E-state index in [9.17, 15) is 0 Å². The maximum atomic E-state index is 5.90. The Hall–Kier alpha value is -1.50. The summed E-state index contributed by atoms with van der Waals surface area (Å²) >= 11 is 1.72. The van der Waals surface area contributed by atoms with Gasteiger partial charge in [0.05, 0.1) is 23.4 Å². The van der Waals surface area contributed by atoms with Crippen molar-refractivity contribution in [3.8, 4) is 0 Å². The lowest BCUT2D eigenvalue weighted by Gasteiger charge is -2.32. The highest BCUT2D eigenvalue weighted by Gasteiger charge is 2.21. The van der Waals surface area contributed by atoms with E-state index < -0.39 is 0 Å². The number of aryl methyl sites for hydroxylation is 2. The molecular weight excluding hydrogens is 296 g/mol. The predicted octanol–water partition coefficient (Wildman–Crippen LogP) is 2.26. The van der Waals surface area contributed by atoms with Crippen molar-refractivity contribution in [2.45, 2.75) is 32.4 Å². The van der Waals surface area contributed by atoms with Crippen LogP contribution in [-0.2, 0) is 17.7 Å². The highest BCUT2D eigenvalue weighted by molar-refractivity contribution is 7.09. The van der Waals surface area contributed by atoms with Gasteiger partial charge >= 0.3 is 0 Å². The Labute approximate surface area is 135 Å². The van der Waals surface area contributed by atoms with Crippen molar-refractivity contribution in [2.75, 3.05) is 25.4 Å². The van der Waals surface area contributed by atoms with E-state index in [2.05, 4.69) is 27.2 Å². The van der Waals surface area contributed by atoms with E-state index >= 15 is 0 Å². The summed E-state index contributed by atoms with van der Waals surface area (Å²) in [6.07, 6.45) is 4.03. The standard InChI is InChI=1S/C16H22N4OS/c1-12-19-14(11-22-12)9-20-6-7-21-15(10-20)3-2-13-4-5-18-16(17)8-13/h4-5,8,11,15H,2-3,6-7,9-10H2,1H3,(H2,17,18)/t15-/m0/s1. The van der Waals surface area contributed by atoms with Crippen LogP contribution >= 0.6 is 11.3 Å². The van der Waals surface area contributed by atoms with E-state index in [1.165, 1.54) is 11.3 Å². The number of morpholine rings is 1. The fourth-order valence-corrected chi connectivity index (χ4v) is 3.39. The van der Waals surface area contributed by atoms with E-state index in [-0.39, 0.29) is 6.10 Å². The molecule has 0 unspecified atom stereocenters. The summed E-state index contributed by atoms with van der Waals surface area (Å²) in [5, 5.41) is 3.29. The van der Waals surface area contributed by atoms with Crippen LogP contribution in [-0.4, -0.2) is 40.7 Å². The molecule has 0 aromatic carbocycles. The fraction of sp³-hybridized carbons (Fsp3) is 0.500. The lowest BCUT2D eigenvalue weighted by atomic mass is 10.1. The van der Waals surface area contributed by atoms with Crippen molar-refractivity contribution in [1.29, 1.82) is 0 Å². The van der Waals surface area contributed by atoms with Gasteiger partial charge in [-0.1, -0.05) is 0 Å². The smallest absolute Gasteiger partial charge is 0.123 e. The second-order valence-corrected chi connectivity index (χ2v) is 6.78. The van der Waals surface area contributed by atoms with Crippen LogP contribution in [0.3, 0.4) is 0 Å². The Bertz CT molecular complexity index is 616. The average Bonchev–Trinajstić information content (AvgIpc) is 2.91. The van der Waals surface area contributed by atoms with Gasteiger partial charge in [-0.15, -0.1) is 11.3 Å². The molecular formula is C16H22N4OS. The number of pyridine rings is 1. The third kappa shape index (κ3) is 4.25. The SMILES string of the molecule is Cc1nc(CN2CCO[C@@H](CCc3ccnc(N)c3)C2)cs1. The number of thiazole rings is 1. The number of hydrogen-bond donors (Lipinski definition) is 1. The van der Waals surface area contributed by atoms with E-state index in [0.29, 0.717) is 5.82 Å². The largest absolute Gasteiger partial charge is 0.384 e. The van der Waals surface area contributed by atoms with Gasteiger partial charge in [0.2, 0.25) is 0 Å². The predicted molar refractivity (Wildman–Crippen MR) is 88.8 cm³/mol. The molecule has 3 rings (SSSR count). The fourth-order valence-electron chi connectivity index (χ4n) is 2.79. The number of hydrogen-bond acceptors (Lipinski definition) is 6. The molecule has 2 aromatic rings. The molecule has 2 aromatic heterocycles. The van der Waals surface area contributed by atoms with Crippen LogP contribution in [0.4, 0.5) is 5.82 Å². The van der Waals surface area contributed by atoms with Gasteiger partial charge in [0, 0.05) is 31.2 Å². The molecule has 22 heavy (non-hydrogen) atoms. The Kier molecular flexibility index (Phi) is 5.02. The van der Waals surface area contributed by atoms with Gasteiger partial charge in [-0.05, 0) is 37.5 Å². The van der Waals surface area contributed by atoms with Gasteiger partial charge < -0.3 is 10.5 Å². The molecule has 1 fully saturated rings. The average molecular weight is 318 g/mol. The number of nitrogen functional groups attached to an aromatic ring is 1. The molecule has 0 saturated carbocycles. The first-order valence-electron chi connectivity index (χ1n) is 7.64. The van der Waals surface area contributed by atoms with Crippen molar-refractivity contribution in [3.63, 3.8) is 0 Å². The monoisotopic (exact) mass is 318 g/mol. The molecule has 1 atom stereocenters. The topological polar surface area (TPSA) is 64.3 Å². The summed E-state index contributed by atoms with van der Waals surface area (Å²) in [5.74, 6) is 0.586. The van der Waals surface area contributed by atoms with Gasteiger partial charge in [0.15, 0.2) is 0 Å². The maximum absolute atomic E-state index is 5.90. The van der Waals surface area contributed by atoms with Crippen LogP contribution in [0.15, 0.2) is 23.7 Å². The van der Waals surface area contributed by atoms with Crippen molar-refractivity contribution < 1.29 is 4.74 Å². The van der Waals surface area contributed by atoms with Crippen LogP contribution in [0.1, 0.15) is 22.7 Å². The zero-order valence-corrected chi connectivity index (χ0v) is 13.7. The molecule has 0 amide bonds. The van der Waals surface area contributed by atoms with Crippen LogP contribution in [0, 0.1) is 6.92 Å². The molecule has 1 saturated heterocycles. The summed E-state index contributed by atoms with van der Waals surface area (Å²) in [4.78, 5) is 11.0. The summed E-state index contributed by atoms with van der Waals surface area (Å²) in [6.45, 7) is 5.72. The second kappa shape index (κ2) is 7.17. The highest BCUT2D eigenvalue weighted by Crippen LogP contribution is 2.16. The van der Waals surface area contributed by atoms with Crippen LogP contribution < -0.4 is 5.73 Å². The van der Waals surface area contributed by atoms with Gasteiger partial charge in [-0.2, -0.15) is 0 Å². The zero-order valence-electron chi connectivity index (χ0n) is 12.9. The normalized spacial score (nSPS) is 19.4. The summed E-state index contributed by atoms with van der Waals surface area (Å²) in [5.41, 5.74) is 8.12. The Morgan fingerprint density at radius 2 is 2.41 bits per heavy atom. The van der Waals surface area contributed by atoms with Gasteiger partial charge in [0.25, 0.3) is 0 Å². The highest BCUT2D eigenvalue weighted by atomic mass is 32.1. The number of nitrogens with two attached hydrogens (primary N) is 1. The molecule has 0 aliphatic carbocycles. The van der Waals surface area contributed by atoms with Crippen LogP contribution in [0.25, 0.3) is 0 Å². The molecule has 1 aliphatic heterocycles. The third-order valence-corrected chi connectivity index (χ3v) is 4.70. The molecule has 0 spiro atoms. The quantitative estimate of drug-likeness (QED) is 0.916. The minimum atomic E-state index is 0.280. The molecule has 0 radical (unpaired) electrons. The molecule has 1 aliphatic rings. The van der Waals surface area contributed by atoms with Gasteiger partial charge in [0.1, 0.15) is 5.82 Å². The summed E-state index contributed by atoms with van der Waals surface area (Å²) < 4.78 is 5.90. The van der Waals surface area contributed by atoms with Gasteiger partial charge in [-0.25, -0.2) is 9.97 Å². The Morgan fingerprint density at radius 1 is 1.50 bits per heavy atom. The third-order valence-electron chi connectivity index (χ3n) is 3.88. The maximum Gasteiger partial charge on any atom is 0.123 e. The van der Waals surface area contributed by atoms with Crippen LogP contribution in [0.5, 0.6) is 0 Å². The number of nitrogens with zero attached hydrogens (tertiary/aromatic N) is 3. The molecule has 0 bridgehead atoms. The van der Waals surface area contributed by atoms with Crippen LogP contribution in [0.2, 0.25) is 0 Å². The molecule has 118 valence electrons. The minimum Gasteiger partial charge on any atom is -0.384 e. The lowest BCUT2D eigenvalue weighted by molar-refractivity contribution is -0.0348. The van der Waals surface area contributed by atoms with E-state index in [1.54, 1.807) is 17.5 Å². The first kappa shape index (κ1) is 15.4. The minimum absolute atomic E-state index is 0.280. The van der Waals surface area contributed by atoms with Crippen molar-refractivity contribution in [2.24, 2.45) is 0 Å². The molecule has 5 nitrogen and oxygen atoms in total. The number of ether oxygens (including phenoxy) is 1. The number of aromatic nitrogens is 2. The molecule has 2 N–H and O–H groups in total. The second-order valence-electron chi connectivity index (χ2n) is 5.71. The lowest BCUT2D eigenvalue weighted by Crippen LogP contribution is -2.42. The number of anilines is 1. The number of rotatable bonds is 5. The first-order chi connectivity index (χ1) is 10.7. The Balaban J connectivity index is 1.50. The van der Waals surface area contributed by atoms with Crippen molar-refractivity contribution in [3.05, 3.63) is 40.0 Å². The van der Waals surface area contributed by atoms with Crippen molar-refractivity contribution in [1.82, 2.24) is 14.9 Å². The van der Waals surface area contributed by atoms with E-state index in [4.69, 9.17) is 10.5 Å². The van der Waals surface area contributed by atoms with E-state index in [0.717, 1.165) is 44.1 Å². The van der Waals surface area contributed by atoms with Gasteiger partial charge in [-0.3, -0.25) is 4.90 Å². The van der Waals surface area contributed by atoms with E-state index in [1.807, 2.05) is 12.1 Å². The molecule has 6 heteroatoms. The van der Waals surface area contributed by atoms with Crippen molar-refractivity contribution >= 4 is 17.2 Å².